The Kier molecular flexibility index (Phi) is 7.37. The van der Waals surface area contributed by atoms with E-state index in [9.17, 15) is 13.2 Å². The van der Waals surface area contributed by atoms with Crippen LogP contribution in [0.5, 0.6) is 0 Å². The summed E-state index contributed by atoms with van der Waals surface area (Å²) >= 11 is 7.33. The number of hydrogen-bond donors (Lipinski definition) is 1. The Morgan fingerprint density at radius 1 is 1.17 bits per heavy atom. The van der Waals surface area contributed by atoms with Crippen LogP contribution in [0.15, 0.2) is 29.2 Å². The first kappa shape index (κ1) is 22.3. The Hall–Kier alpha value is -1.41. The number of benzene rings is 1. The van der Waals surface area contributed by atoms with E-state index >= 15 is 0 Å². The number of nitrogens with one attached hydrogen (secondary N) is 1. The Morgan fingerprint density at radius 3 is 2.59 bits per heavy atom. The fraction of sp³-hybridized carbons (Fsp3) is 0.476. The van der Waals surface area contributed by atoms with Gasteiger partial charge in [-0.25, -0.2) is 8.42 Å². The first-order valence-corrected chi connectivity index (χ1v) is 12.9. The molecule has 1 aliphatic heterocycles. The molecule has 1 aliphatic rings. The maximum absolute atomic E-state index is 12.6. The molecule has 2 heterocycles. The number of nitrogens with zero attached hydrogens (tertiary/aromatic N) is 1. The van der Waals surface area contributed by atoms with Crippen molar-refractivity contribution in [3.63, 3.8) is 0 Å². The summed E-state index contributed by atoms with van der Waals surface area (Å²) < 4.78 is 25.2. The topological polar surface area (TPSA) is 66.5 Å². The number of thiophene rings is 1. The molecular formula is C21H27ClN2O3S2. The Morgan fingerprint density at radius 2 is 1.90 bits per heavy atom. The summed E-state index contributed by atoms with van der Waals surface area (Å²) in [6.07, 6.45) is 3.15. The standard InChI is InChI=1S/C21H27ClN2O3S2/c1-3-9-24(10-4-2)11-5-8-23-21(25)18-12-15-14-29(26,27)19-13-16(22)6-7-17(19)20(15)28-18/h6-7,12-13H,3-5,8-11,14H2,1-2H3,(H,23,25). The predicted octanol–water partition coefficient (Wildman–Crippen LogP) is 4.60. The van der Waals surface area contributed by atoms with Crippen LogP contribution in [0.3, 0.4) is 0 Å². The van der Waals surface area contributed by atoms with Gasteiger partial charge in [0.05, 0.1) is 15.5 Å². The van der Waals surface area contributed by atoms with Gasteiger partial charge in [0.1, 0.15) is 0 Å². The van der Waals surface area contributed by atoms with Crippen LogP contribution in [0.1, 0.15) is 48.3 Å². The van der Waals surface area contributed by atoms with E-state index in [1.165, 1.54) is 17.4 Å². The smallest absolute Gasteiger partial charge is 0.261 e. The molecule has 158 valence electrons. The average molecular weight is 455 g/mol. The molecule has 0 aliphatic carbocycles. The number of sulfone groups is 1. The van der Waals surface area contributed by atoms with Gasteiger partial charge in [0.15, 0.2) is 9.84 Å². The highest BCUT2D eigenvalue weighted by atomic mass is 35.5. The molecule has 0 saturated heterocycles. The van der Waals surface area contributed by atoms with Gasteiger partial charge in [-0.1, -0.05) is 31.5 Å². The number of amides is 1. The first-order valence-electron chi connectivity index (χ1n) is 10.0. The highest BCUT2D eigenvalue weighted by Crippen LogP contribution is 2.43. The lowest BCUT2D eigenvalue weighted by Crippen LogP contribution is -2.30. The van der Waals surface area contributed by atoms with Gasteiger partial charge < -0.3 is 10.2 Å². The molecule has 0 atom stereocenters. The van der Waals surface area contributed by atoms with Crippen LogP contribution in [-0.4, -0.2) is 45.4 Å². The largest absolute Gasteiger partial charge is 0.351 e. The van der Waals surface area contributed by atoms with Gasteiger partial charge in [-0.05, 0) is 62.7 Å². The second kappa shape index (κ2) is 9.60. The van der Waals surface area contributed by atoms with Crippen molar-refractivity contribution in [3.8, 4) is 10.4 Å². The van der Waals surface area contributed by atoms with Crippen molar-refractivity contribution in [1.82, 2.24) is 10.2 Å². The predicted molar refractivity (Wildman–Crippen MR) is 120 cm³/mol. The van der Waals surface area contributed by atoms with Gasteiger partial charge in [-0.2, -0.15) is 0 Å². The molecule has 1 aromatic carbocycles. The number of carbonyl (C=O) groups excluding carboxylic acids is 1. The van der Waals surface area contributed by atoms with Crippen LogP contribution in [-0.2, 0) is 15.6 Å². The van der Waals surface area contributed by atoms with E-state index in [4.69, 9.17) is 11.6 Å². The van der Waals surface area contributed by atoms with Gasteiger partial charge >= 0.3 is 0 Å². The van der Waals surface area contributed by atoms with Gasteiger partial charge in [0.2, 0.25) is 0 Å². The Bertz CT molecular complexity index is 980. The zero-order valence-electron chi connectivity index (χ0n) is 16.8. The minimum Gasteiger partial charge on any atom is -0.351 e. The van der Waals surface area contributed by atoms with E-state index in [1.54, 1.807) is 18.2 Å². The zero-order chi connectivity index (χ0) is 21.0. The summed E-state index contributed by atoms with van der Waals surface area (Å²) in [6.45, 7) is 8.09. The minimum atomic E-state index is -3.45. The molecule has 2 aromatic rings. The highest BCUT2D eigenvalue weighted by molar-refractivity contribution is 7.91. The van der Waals surface area contributed by atoms with Crippen LogP contribution in [0.2, 0.25) is 5.02 Å². The number of hydrogen-bond acceptors (Lipinski definition) is 5. The SMILES string of the molecule is CCCN(CCC)CCCNC(=O)c1cc2c(s1)-c1ccc(Cl)cc1S(=O)(=O)C2. The molecule has 29 heavy (non-hydrogen) atoms. The Balaban J connectivity index is 1.67. The van der Waals surface area contributed by atoms with Gasteiger partial charge in [-0.3, -0.25) is 4.79 Å². The molecular weight excluding hydrogens is 428 g/mol. The van der Waals surface area contributed by atoms with E-state index in [0.29, 0.717) is 27.6 Å². The normalized spacial score (nSPS) is 14.5. The van der Waals surface area contributed by atoms with Gasteiger partial charge in [0.25, 0.3) is 5.91 Å². The van der Waals surface area contributed by atoms with E-state index < -0.39 is 9.84 Å². The summed E-state index contributed by atoms with van der Waals surface area (Å²) in [4.78, 5) is 16.7. The van der Waals surface area contributed by atoms with Gasteiger partial charge in [-0.15, -0.1) is 11.3 Å². The zero-order valence-corrected chi connectivity index (χ0v) is 19.2. The maximum Gasteiger partial charge on any atom is 0.261 e. The summed E-state index contributed by atoms with van der Waals surface area (Å²) in [6, 6.07) is 6.61. The summed E-state index contributed by atoms with van der Waals surface area (Å²) in [5.74, 6) is -0.238. The van der Waals surface area contributed by atoms with Crippen molar-refractivity contribution in [2.24, 2.45) is 0 Å². The van der Waals surface area contributed by atoms with Crippen LogP contribution in [0.4, 0.5) is 0 Å². The molecule has 0 spiro atoms. The number of halogens is 1. The molecule has 1 aromatic heterocycles. The molecule has 0 unspecified atom stereocenters. The van der Waals surface area contributed by atoms with Crippen LogP contribution < -0.4 is 5.32 Å². The van der Waals surface area contributed by atoms with Gasteiger partial charge in [0, 0.05) is 22.0 Å². The molecule has 0 saturated carbocycles. The molecule has 0 fully saturated rings. The Labute approximate surface area is 182 Å². The molecule has 8 heteroatoms. The second-order valence-corrected chi connectivity index (χ2v) is 10.8. The average Bonchev–Trinajstić information content (AvgIpc) is 3.08. The lowest BCUT2D eigenvalue weighted by molar-refractivity contribution is 0.0955. The minimum absolute atomic E-state index is 0.0948. The number of rotatable bonds is 9. The lowest BCUT2D eigenvalue weighted by Gasteiger charge is -2.20. The molecule has 5 nitrogen and oxygen atoms in total. The third-order valence-corrected chi connectivity index (χ3v) is 8.06. The third kappa shape index (κ3) is 5.20. The van der Waals surface area contributed by atoms with E-state index in [0.717, 1.165) is 43.8 Å². The third-order valence-electron chi connectivity index (χ3n) is 4.92. The van der Waals surface area contributed by atoms with Crippen LogP contribution in [0.25, 0.3) is 10.4 Å². The molecule has 1 N–H and O–H groups in total. The molecule has 3 rings (SSSR count). The highest BCUT2D eigenvalue weighted by Gasteiger charge is 2.31. The fourth-order valence-corrected chi connectivity index (χ4v) is 6.79. The summed E-state index contributed by atoms with van der Waals surface area (Å²) in [7, 11) is -3.45. The van der Waals surface area contributed by atoms with E-state index in [-0.39, 0.29) is 16.6 Å². The summed E-state index contributed by atoms with van der Waals surface area (Å²) in [5, 5.41) is 3.37. The van der Waals surface area contributed by atoms with E-state index in [2.05, 4.69) is 24.1 Å². The van der Waals surface area contributed by atoms with Crippen molar-refractivity contribution in [3.05, 3.63) is 39.7 Å². The van der Waals surface area contributed by atoms with Crippen LogP contribution >= 0.6 is 22.9 Å². The number of fused-ring (bicyclic) bond motifs is 3. The molecule has 0 radical (unpaired) electrons. The van der Waals surface area contributed by atoms with E-state index in [1.807, 2.05) is 0 Å². The monoisotopic (exact) mass is 454 g/mol. The van der Waals surface area contributed by atoms with Crippen molar-refractivity contribution >= 4 is 38.7 Å². The van der Waals surface area contributed by atoms with Crippen molar-refractivity contribution in [2.45, 2.75) is 43.8 Å². The summed E-state index contributed by atoms with van der Waals surface area (Å²) in [5.41, 5.74) is 1.32. The maximum atomic E-state index is 12.6. The van der Waals surface area contributed by atoms with Crippen molar-refractivity contribution < 1.29 is 13.2 Å². The quantitative estimate of drug-likeness (QED) is 0.562. The molecule has 0 bridgehead atoms. The van der Waals surface area contributed by atoms with Crippen molar-refractivity contribution in [2.75, 3.05) is 26.2 Å². The lowest BCUT2D eigenvalue weighted by atomic mass is 10.1. The van der Waals surface area contributed by atoms with Crippen LogP contribution in [0, 0.1) is 0 Å². The fourth-order valence-electron chi connectivity index (χ4n) is 3.66. The first-order chi connectivity index (χ1) is 13.9. The van der Waals surface area contributed by atoms with Crippen molar-refractivity contribution in [1.29, 1.82) is 0 Å². The molecule has 1 amide bonds. The number of carbonyl (C=O) groups is 1. The second-order valence-electron chi connectivity index (χ2n) is 7.32.